The van der Waals surface area contributed by atoms with Crippen molar-refractivity contribution >= 4 is 32.9 Å². The Balaban J connectivity index is 1.71. The van der Waals surface area contributed by atoms with Crippen LogP contribution in [-0.4, -0.2) is 64.2 Å². The highest BCUT2D eigenvalue weighted by atomic mass is 79.9. The SMILES string of the molecule is CCCN1C[C@@H](NC(=O)N(CC)CC)C[C@@H]2c3cc(CO)cc4[nH]c(Br)c(c34)C[C@H]21. The Morgan fingerprint density at radius 2 is 2.10 bits per heavy atom. The van der Waals surface area contributed by atoms with Crippen molar-refractivity contribution < 1.29 is 9.90 Å². The van der Waals surface area contributed by atoms with Crippen molar-refractivity contribution in [2.45, 2.75) is 64.6 Å². The van der Waals surface area contributed by atoms with Crippen molar-refractivity contribution in [2.75, 3.05) is 26.2 Å². The van der Waals surface area contributed by atoms with Crippen LogP contribution in [-0.2, 0) is 13.0 Å². The van der Waals surface area contributed by atoms with Crippen LogP contribution in [0.5, 0.6) is 0 Å². The van der Waals surface area contributed by atoms with E-state index in [1.54, 1.807) is 0 Å². The predicted molar refractivity (Wildman–Crippen MR) is 124 cm³/mol. The third kappa shape index (κ3) is 3.76. The van der Waals surface area contributed by atoms with Gasteiger partial charge in [0.15, 0.2) is 0 Å². The molecule has 1 aromatic heterocycles. The van der Waals surface area contributed by atoms with Crippen LogP contribution in [0.1, 0.15) is 56.2 Å². The number of amides is 2. The maximum absolute atomic E-state index is 12.7. The molecule has 0 spiro atoms. The van der Waals surface area contributed by atoms with Gasteiger partial charge >= 0.3 is 6.03 Å². The zero-order chi connectivity index (χ0) is 21.4. The molecule has 1 saturated heterocycles. The summed E-state index contributed by atoms with van der Waals surface area (Å²) in [7, 11) is 0. The van der Waals surface area contributed by atoms with Gasteiger partial charge in [-0.15, -0.1) is 0 Å². The van der Waals surface area contributed by atoms with Gasteiger partial charge in [0, 0.05) is 48.5 Å². The second-order valence-electron chi connectivity index (χ2n) is 8.61. The highest BCUT2D eigenvalue weighted by molar-refractivity contribution is 9.10. The summed E-state index contributed by atoms with van der Waals surface area (Å²) in [6.07, 6.45) is 3.03. The molecule has 2 heterocycles. The number of piperidine rings is 1. The summed E-state index contributed by atoms with van der Waals surface area (Å²) >= 11 is 3.74. The van der Waals surface area contributed by atoms with Gasteiger partial charge in [-0.2, -0.15) is 0 Å². The number of aliphatic hydroxyl groups is 1. The second kappa shape index (κ2) is 8.89. The smallest absolute Gasteiger partial charge is 0.317 e. The molecule has 0 radical (unpaired) electrons. The van der Waals surface area contributed by atoms with Gasteiger partial charge in [0.1, 0.15) is 0 Å². The molecule has 2 aromatic rings. The molecule has 2 aliphatic rings. The zero-order valence-electron chi connectivity index (χ0n) is 18.2. The molecule has 4 rings (SSSR count). The lowest BCUT2D eigenvalue weighted by Crippen LogP contribution is -2.57. The lowest BCUT2D eigenvalue weighted by Gasteiger charge is -2.47. The number of rotatable bonds is 6. The van der Waals surface area contributed by atoms with Crippen LogP contribution in [0.3, 0.4) is 0 Å². The Morgan fingerprint density at radius 1 is 1.33 bits per heavy atom. The van der Waals surface area contributed by atoms with Gasteiger partial charge in [0.05, 0.1) is 11.2 Å². The third-order valence-corrected chi connectivity index (χ3v) is 7.53. The fraction of sp³-hybridized carbons (Fsp3) is 0.609. The molecule has 1 aromatic carbocycles. The summed E-state index contributed by atoms with van der Waals surface area (Å²) in [6.45, 7) is 9.66. The standard InChI is InChI=1S/C23H33BrN4O2/c1-4-7-28-12-15(25-23(30)27(5-2)6-3)10-16-17-8-14(13-29)9-19-21(17)18(11-20(16)28)22(24)26-19/h8-9,15-16,20,26,29H,4-7,10-13H2,1-3H3,(H,25,30)/t15-,16+,20+/m0/s1. The summed E-state index contributed by atoms with van der Waals surface area (Å²) in [5, 5.41) is 14.4. The summed E-state index contributed by atoms with van der Waals surface area (Å²) in [6, 6.07) is 4.82. The van der Waals surface area contributed by atoms with Crippen LogP contribution >= 0.6 is 15.9 Å². The van der Waals surface area contributed by atoms with Gasteiger partial charge in [-0.05, 0) is 78.3 Å². The van der Waals surface area contributed by atoms with Crippen molar-refractivity contribution in [3.63, 3.8) is 0 Å². The number of halogens is 1. The Bertz CT molecular complexity index is 924. The Labute approximate surface area is 187 Å². The molecule has 164 valence electrons. The number of fused-ring (bicyclic) bond motifs is 2. The fourth-order valence-corrected chi connectivity index (χ4v) is 6.07. The number of carbonyl (C=O) groups is 1. The summed E-state index contributed by atoms with van der Waals surface area (Å²) in [5.41, 5.74) is 4.69. The van der Waals surface area contributed by atoms with Crippen molar-refractivity contribution in [3.05, 3.63) is 33.4 Å². The van der Waals surface area contributed by atoms with E-state index in [9.17, 15) is 9.90 Å². The molecule has 1 aliphatic carbocycles. The maximum atomic E-state index is 12.7. The number of nitrogens with zero attached hydrogens (tertiary/aromatic N) is 2. The molecular formula is C23H33BrN4O2. The maximum Gasteiger partial charge on any atom is 0.317 e. The summed E-state index contributed by atoms with van der Waals surface area (Å²) in [4.78, 5) is 20.6. The zero-order valence-corrected chi connectivity index (χ0v) is 19.8. The molecule has 0 bridgehead atoms. The number of H-pyrrole nitrogens is 1. The van der Waals surface area contributed by atoms with Crippen molar-refractivity contribution in [1.29, 1.82) is 0 Å². The Hall–Kier alpha value is -1.57. The highest BCUT2D eigenvalue weighted by Gasteiger charge is 2.42. The lowest BCUT2D eigenvalue weighted by atomic mass is 9.73. The molecular weight excluding hydrogens is 444 g/mol. The molecule has 2 amide bonds. The fourth-order valence-electron chi connectivity index (χ4n) is 5.49. The van der Waals surface area contributed by atoms with E-state index in [4.69, 9.17) is 0 Å². The van der Waals surface area contributed by atoms with E-state index >= 15 is 0 Å². The first kappa shape index (κ1) is 21.7. The van der Waals surface area contributed by atoms with Gasteiger partial charge in [0.2, 0.25) is 0 Å². The number of likely N-dealkylation sites (tertiary alicyclic amines) is 1. The van der Waals surface area contributed by atoms with Crippen LogP contribution < -0.4 is 5.32 Å². The van der Waals surface area contributed by atoms with E-state index in [-0.39, 0.29) is 18.7 Å². The van der Waals surface area contributed by atoms with Gasteiger partial charge in [0.25, 0.3) is 0 Å². The predicted octanol–water partition coefficient (Wildman–Crippen LogP) is 3.97. The molecule has 30 heavy (non-hydrogen) atoms. The highest BCUT2D eigenvalue weighted by Crippen LogP contribution is 2.46. The lowest BCUT2D eigenvalue weighted by molar-refractivity contribution is 0.0978. The number of hydrogen-bond acceptors (Lipinski definition) is 3. The number of urea groups is 1. The molecule has 1 fully saturated rings. The minimum absolute atomic E-state index is 0.0348. The first-order chi connectivity index (χ1) is 14.5. The first-order valence-corrected chi connectivity index (χ1v) is 12.0. The van der Waals surface area contributed by atoms with E-state index in [1.165, 1.54) is 16.5 Å². The van der Waals surface area contributed by atoms with Crippen LogP contribution in [0.2, 0.25) is 0 Å². The monoisotopic (exact) mass is 476 g/mol. The number of hydrogen-bond donors (Lipinski definition) is 3. The number of aliphatic hydroxyl groups excluding tert-OH is 1. The normalized spacial score (nSPS) is 23.4. The summed E-state index contributed by atoms with van der Waals surface area (Å²) < 4.78 is 1.06. The summed E-state index contributed by atoms with van der Waals surface area (Å²) in [5.74, 6) is 0.344. The van der Waals surface area contributed by atoms with E-state index in [2.05, 4.69) is 50.2 Å². The van der Waals surface area contributed by atoms with E-state index < -0.39 is 0 Å². The Kier molecular flexibility index (Phi) is 6.42. The van der Waals surface area contributed by atoms with E-state index in [0.29, 0.717) is 12.0 Å². The third-order valence-electron chi connectivity index (χ3n) is 6.85. The van der Waals surface area contributed by atoms with Gasteiger partial charge in [-0.1, -0.05) is 13.0 Å². The van der Waals surface area contributed by atoms with Crippen LogP contribution in [0.4, 0.5) is 4.79 Å². The second-order valence-corrected chi connectivity index (χ2v) is 9.40. The largest absolute Gasteiger partial charge is 0.392 e. The number of aromatic nitrogens is 1. The van der Waals surface area contributed by atoms with Crippen molar-refractivity contribution in [2.24, 2.45) is 0 Å². The molecule has 3 atom stereocenters. The first-order valence-electron chi connectivity index (χ1n) is 11.2. The number of nitrogens with one attached hydrogen (secondary N) is 2. The quantitative estimate of drug-likeness (QED) is 0.590. The van der Waals surface area contributed by atoms with E-state index in [0.717, 1.165) is 61.1 Å². The molecule has 1 aliphatic heterocycles. The van der Waals surface area contributed by atoms with Gasteiger partial charge < -0.3 is 20.3 Å². The minimum atomic E-state index is 0.0348. The number of carbonyl (C=O) groups excluding carboxylic acids is 1. The van der Waals surface area contributed by atoms with Crippen molar-refractivity contribution in [1.82, 2.24) is 20.1 Å². The molecule has 6 nitrogen and oxygen atoms in total. The topological polar surface area (TPSA) is 71.6 Å². The molecule has 3 N–H and O–H groups in total. The molecule has 0 unspecified atom stereocenters. The van der Waals surface area contributed by atoms with Crippen LogP contribution in [0.15, 0.2) is 16.7 Å². The molecule has 7 heteroatoms. The van der Waals surface area contributed by atoms with Gasteiger partial charge in [-0.3, -0.25) is 4.90 Å². The van der Waals surface area contributed by atoms with E-state index in [1.807, 2.05) is 18.7 Å². The van der Waals surface area contributed by atoms with Crippen LogP contribution in [0, 0.1) is 0 Å². The average Bonchev–Trinajstić information content (AvgIpc) is 3.05. The van der Waals surface area contributed by atoms with Gasteiger partial charge in [-0.25, -0.2) is 4.79 Å². The molecule has 0 saturated carbocycles. The van der Waals surface area contributed by atoms with Crippen LogP contribution in [0.25, 0.3) is 10.9 Å². The number of benzene rings is 1. The van der Waals surface area contributed by atoms with Crippen molar-refractivity contribution in [3.8, 4) is 0 Å². The average molecular weight is 477 g/mol. The number of aromatic amines is 1. The Morgan fingerprint density at radius 3 is 2.77 bits per heavy atom. The minimum Gasteiger partial charge on any atom is -0.392 e.